The largest absolute Gasteiger partial charge is 0.493 e. The summed E-state index contributed by atoms with van der Waals surface area (Å²) < 4.78 is 10.6. The zero-order chi connectivity index (χ0) is 20.6. The average Bonchev–Trinajstić information content (AvgIpc) is 2.93. The van der Waals surface area contributed by atoms with E-state index in [1.807, 2.05) is 0 Å². The Morgan fingerprint density at radius 2 is 2.07 bits per heavy atom. The van der Waals surface area contributed by atoms with Crippen LogP contribution in [0.4, 0.5) is 9.59 Å². The first kappa shape index (κ1) is 18.8. The first-order valence-corrected chi connectivity index (χ1v) is 9.26. The molecule has 1 spiro atoms. The molecule has 152 valence electrons. The molecule has 3 N–H and O–H groups in total. The Bertz CT molecular complexity index is 942. The van der Waals surface area contributed by atoms with Gasteiger partial charge in [0.15, 0.2) is 5.54 Å². The van der Waals surface area contributed by atoms with Crippen molar-refractivity contribution in [3.8, 4) is 5.75 Å². The van der Waals surface area contributed by atoms with Gasteiger partial charge in [0.2, 0.25) is 0 Å². The third-order valence-electron chi connectivity index (χ3n) is 5.15. The predicted molar refractivity (Wildman–Crippen MR) is 98.7 cm³/mol. The fraction of sp³-hybridized carbons (Fsp3) is 0.368. The number of hydrogen-bond donors (Lipinski definition) is 3. The Morgan fingerprint density at radius 3 is 2.86 bits per heavy atom. The van der Waals surface area contributed by atoms with Crippen LogP contribution in [0.1, 0.15) is 18.9 Å². The van der Waals surface area contributed by atoms with Crippen LogP contribution in [0.5, 0.6) is 5.75 Å². The highest BCUT2D eigenvalue weighted by atomic mass is 16.5. The van der Waals surface area contributed by atoms with E-state index < -0.39 is 29.5 Å². The Morgan fingerprint density at radius 1 is 1.28 bits per heavy atom. The number of carbonyl (C=O) groups is 4. The lowest BCUT2D eigenvalue weighted by Gasteiger charge is -2.33. The van der Waals surface area contributed by atoms with E-state index in [0.29, 0.717) is 11.3 Å². The summed E-state index contributed by atoms with van der Waals surface area (Å²) >= 11 is 0. The number of fused-ring (bicyclic) bond motifs is 2. The van der Waals surface area contributed by atoms with Gasteiger partial charge >= 0.3 is 18.0 Å². The summed E-state index contributed by atoms with van der Waals surface area (Å²) in [5, 5.41) is 7.79. The minimum Gasteiger partial charge on any atom is -0.493 e. The number of nitrogens with one attached hydrogen (secondary N) is 3. The molecular weight excluding hydrogens is 380 g/mol. The van der Waals surface area contributed by atoms with Crippen molar-refractivity contribution in [1.82, 2.24) is 20.9 Å². The Hall–Kier alpha value is -3.56. The minimum atomic E-state index is -1.23. The van der Waals surface area contributed by atoms with Crippen molar-refractivity contribution in [3.05, 3.63) is 41.1 Å². The summed E-state index contributed by atoms with van der Waals surface area (Å²) in [5.74, 6) is -0.536. The maximum atomic E-state index is 13.3. The minimum absolute atomic E-state index is 0.0501. The molecule has 3 aliphatic heterocycles. The Balaban J connectivity index is 1.67. The molecule has 1 aromatic carbocycles. The molecule has 1 aromatic rings. The van der Waals surface area contributed by atoms with Crippen LogP contribution in [0, 0.1) is 0 Å². The molecule has 10 heteroatoms. The van der Waals surface area contributed by atoms with E-state index in [1.54, 1.807) is 31.2 Å². The van der Waals surface area contributed by atoms with Gasteiger partial charge < -0.3 is 25.4 Å². The van der Waals surface area contributed by atoms with Crippen molar-refractivity contribution in [1.29, 1.82) is 0 Å². The molecule has 3 aliphatic rings. The van der Waals surface area contributed by atoms with Crippen LogP contribution in [0.2, 0.25) is 0 Å². The lowest BCUT2D eigenvalue weighted by atomic mass is 9.84. The summed E-state index contributed by atoms with van der Waals surface area (Å²) in [6.45, 7) is 1.79. The normalized spacial score (nSPS) is 23.2. The van der Waals surface area contributed by atoms with E-state index in [2.05, 4.69) is 16.0 Å². The highest BCUT2D eigenvalue weighted by Crippen LogP contribution is 2.41. The van der Waals surface area contributed by atoms with Gasteiger partial charge in [-0.25, -0.2) is 14.4 Å². The quantitative estimate of drug-likeness (QED) is 0.494. The Labute approximate surface area is 166 Å². The number of carbonyl (C=O) groups excluding carboxylic acids is 4. The highest BCUT2D eigenvalue weighted by Gasteiger charge is 2.55. The van der Waals surface area contributed by atoms with Gasteiger partial charge in [0.1, 0.15) is 5.75 Å². The monoisotopic (exact) mass is 400 g/mol. The van der Waals surface area contributed by atoms with Crippen LogP contribution < -0.4 is 20.7 Å². The van der Waals surface area contributed by atoms with Crippen LogP contribution in [0.15, 0.2) is 35.5 Å². The van der Waals surface area contributed by atoms with Gasteiger partial charge in [-0.2, -0.15) is 0 Å². The third-order valence-corrected chi connectivity index (χ3v) is 5.15. The van der Waals surface area contributed by atoms with E-state index in [1.165, 1.54) is 0 Å². The second kappa shape index (κ2) is 7.12. The van der Waals surface area contributed by atoms with Crippen LogP contribution in [-0.2, 0) is 19.9 Å². The molecule has 10 nitrogen and oxygen atoms in total. The smallest absolute Gasteiger partial charge is 0.337 e. The highest BCUT2D eigenvalue weighted by molar-refractivity contribution is 6.08. The number of ether oxygens (including phenoxy) is 2. The molecular formula is C19H20N4O6. The van der Waals surface area contributed by atoms with Crippen LogP contribution >= 0.6 is 0 Å². The predicted octanol–water partition coefficient (Wildman–Crippen LogP) is 0.346. The molecule has 1 unspecified atom stereocenters. The summed E-state index contributed by atoms with van der Waals surface area (Å²) in [6, 6.07) is 5.92. The van der Waals surface area contributed by atoms with Crippen molar-refractivity contribution < 1.29 is 28.7 Å². The number of para-hydroxylation sites is 1. The number of urea groups is 2. The lowest BCUT2D eigenvalue weighted by molar-refractivity contribution is -0.139. The van der Waals surface area contributed by atoms with Gasteiger partial charge in [-0.05, 0) is 13.0 Å². The van der Waals surface area contributed by atoms with Crippen molar-refractivity contribution in [2.75, 3.05) is 26.3 Å². The maximum absolute atomic E-state index is 13.3. The maximum Gasteiger partial charge on any atom is 0.337 e. The molecule has 3 heterocycles. The summed E-state index contributed by atoms with van der Waals surface area (Å²) in [7, 11) is 0. The number of amides is 5. The van der Waals surface area contributed by atoms with Crippen molar-refractivity contribution in [2.45, 2.75) is 18.9 Å². The van der Waals surface area contributed by atoms with Gasteiger partial charge in [0, 0.05) is 12.0 Å². The van der Waals surface area contributed by atoms with Gasteiger partial charge in [-0.15, -0.1) is 0 Å². The molecule has 1 atom stereocenters. The van der Waals surface area contributed by atoms with Crippen molar-refractivity contribution >= 4 is 23.9 Å². The van der Waals surface area contributed by atoms with Gasteiger partial charge in [-0.3, -0.25) is 9.69 Å². The van der Waals surface area contributed by atoms with E-state index >= 15 is 0 Å². The molecule has 0 radical (unpaired) electrons. The zero-order valence-corrected chi connectivity index (χ0v) is 15.7. The third kappa shape index (κ3) is 3.06. The SMILES string of the molecule is CCOC(=O)C1=C(CN2C(=O)NC3(CCOc4ccccc43)C2=O)NC(=O)NC1. The summed E-state index contributed by atoms with van der Waals surface area (Å²) in [6.07, 6.45) is 0.281. The molecule has 0 saturated carbocycles. The molecule has 1 fully saturated rings. The number of benzene rings is 1. The molecule has 1 saturated heterocycles. The van der Waals surface area contributed by atoms with Crippen molar-refractivity contribution in [3.63, 3.8) is 0 Å². The average molecular weight is 400 g/mol. The standard InChI is InChI=1S/C19H20N4O6/c1-2-28-15(24)11-9-20-17(26)21-13(11)10-23-16(25)19(22-18(23)27)7-8-29-14-6-4-3-5-12(14)19/h3-6H,2,7-10H2,1H3,(H,22,27)(H2,20,21,26). The van der Waals surface area contributed by atoms with E-state index in [0.717, 1.165) is 4.90 Å². The molecule has 0 bridgehead atoms. The lowest BCUT2D eigenvalue weighted by Crippen LogP contribution is -2.49. The fourth-order valence-corrected chi connectivity index (χ4v) is 3.75. The Kier molecular flexibility index (Phi) is 4.61. The molecule has 4 rings (SSSR count). The van der Waals surface area contributed by atoms with Crippen LogP contribution in [-0.4, -0.2) is 55.1 Å². The zero-order valence-electron chi connectivity index (χ0n) is 15.7. The molecule has 0 aliphatic carbocycles. The van der Waals surface area contributed by atoms with E-state index in [-0.39, 0.29) is 44.0 Å². The number of imide groups is 1. The number of hydrogen-bond acceptors (Lipinski definition) is 6. The van der Waals surface area contributed by atoms with Crippen LogP contribution in [0.3, 0.4) is 0 Å². The number of rotatable bonds is 4. The topological polar surface area (TPSA) is 126 Å². The molecule has 5 amide bonds. The first-order chi connectivity index (χ1) is 14.0. The molecule has 29 heavy (non-hydrogen) atoms. The fourth-order valence-electron chi connectivity index (χ4n) is 3.75. The van der Waals surface area contributed by atoms with Gasteiger partial charge in [0.05, 0.1) is 37.6 Å². The molecule has 0 aromatic heterocycles. The second-order valence-electron chi connectivity index (χ2n) is 6.81. The van der Waals surface area contributed by atoms with Gasteiger partial charge in [0.25, 0.3) is 5.91 Å². The first-order valence-electron chi connectivity index (χ1n) is 9.26. The van der Waals surface area contributed by atoms with E-state index in [9.17, 15) is 19.2 Å². The summed E-state index contributed by atoms with van der Waals surface area (Å²) in [4.78, 5) is 51.0. The van der Waals surface area contributed by atoms with Crippen molar-refractivity contribution in [2.24, 2.45) is 0 Å². The summed E-state index contributed by atoms with van der Waals surface area (Å²) in [5.41, 5.74) is -0.317. The number of esters is 1. The van der Waals surface area contributed by atoms with Gasteiger partial charge in [-0.1, -0.05) is 18.2 Å². The van der Waals surface area contributed by atoms with Crippen LogP contribution in [0.25, 0.3) is 0 Å². The number of nitrogens with zero attached hydrogens (tertiary/aromatic N) is 1. The second-order valence-corrected chi connectivity index (χ2v) is 6.81. The van der Waals surface area contributed by atoms with E-state index in [4.69, 9.17) is 9.47 Å².